The van der Waals surface area contributed by atoms with Crippen LogP contribution in [0, 0.1) is 5.92 Å². The molecule has 1 saturated heterocycles. The Morgan fingerprint density at radius 3 is 3.00 bits per heavy atom. The van der Waals surface area contributed by atoms with E-state index in [1.807, 2.05) is 4.90 Å². The van der Waals surface area contributed by atoms with E-state index in [1.165, 1.54) is 0 Å². The van der Waals surface area contributed by atoms with Gasteiger partial charge >= 0.3 is 0 Å². The number of aromatic nitrogens is 1. The first kappa shape index (κ1) is 16.6. The molecule has 1 amide bonds. The van der Waals surface area contributed by atoms with E-state index in [0.717, 1.165) is 12.8 Å². The molecule has 0 saturated carbocycles. The van der Waals surface area contributed by atoms with Gasteiger partial charge in [-0.1, -0.05) is 12.1 Å². The maximum Gasteiger partial charge on any atom is 0.276 e. The number of hydrogen-bond donors (Lipinski definition) is 1. The van der Waals surface area contributed by atoms with Crippen molar-refractivity contribution in [2.24, 2.45) is 11.7 Å². The number of rotatable bonds is 3. The van der Waals surface area contributed by atoms with Gasteiger partial charge in [0, 0.05) is 25.2 Å². The predicted molar refractivity (Wildman–Crippen MR) is 83.7 cm³/mol. The van der Waals surface area contributed by atoms with Gasteiger partial charge in [0.25, 0.3) is 5.91 Å². The van der Waals surface area contributed by atoms with Crippen LogP contribution in [0.15, 0.2) is 33.4 Å². The van der Waals surface area contributed by atoms with Crippen LogP contribution in [-0.4, -0.2) is 35.1 Å². The summed E-state index contributed by atoms with van der Waals surface area (Å²) in [4.78, 5) is 14.4. The van der Waals surface area contributed by atoms with E-state index in [4.69, 9.17) is 14.7 Å². The third-order valence-electron chi connectivity index (χ3n) is 4.00. The second kappa shape index (κ2) is 6.98. The fourth-order valence-electron chi connectivity index (χ4n) is 2.80. The molecule has 0 aromatic carbocycles. The molecular formula is C15H20ClN3O3. The Morgan fingerprint density at radius 1 is 1.50 bits per heavy atom. The molecule has 2 aromatic heterocycles. The molecule has 7 heteroatoms. The molecule has 22 heavy (non-hydrogen) atoms. The zero-order valence-electron chi connectivity index (χ0n) is 12.4. The molecule has 0 bridgehead atoms. The van der Waals surface area contributed by atoms with Crippen LogP contribution in [-0.2, 0) is 0 Å². The van der Waals surface area contributed by atoms with Gasteiger partial charge in [-0.3, -0.25) is 4.79 Å². The molecule has 2 atom stereocenters. The van der Waals surface area contributed by atoms with E-state index in [2.05, 4.69) is 12.1 Å². The summed E-state index contributed by atoms with van der Waals surface area (Å²) >= 11 is 0. The Balaban J connectivity index is 0.00000176. The van der Waals surface area contributed by atoms with Gasteiger partial charge in [0.1, 0.15) is 0 Å². The fourth-order valence-corrected chi connectivity index (χ4v) is 2.80. The lowest BCUT2D eigenvalue weighted by molar-refractivity contribution is 0.0563. The molecular weight excluding hydrogens is 306 g/mol. The lowest BCUT2D eigenvalue weighted by Crippen LogP contribution is -2.49. The third kappa shape index (κ3) is 3.18. The van der Waals surface area contributed by atoms with Crippen molar-refractivity contribution in [1.82, 2.24) is 10.1 Å². The molecule has 1 aliphatic heterocycles. The third-order valence-corrected chi connectivity index (χ3v) is 4.00. The molecule has 3 heterocycles. The molecule has 0 radical (unpaired) electrons. The van der Waals surface area contributed by atoms with Gasteiger partial charge in [-0.2, -0.15) is 0 Å². The van der Waals surface area contributed by atoms with Crippen LogP contribution < -0.4 is 5.73 Å². The largest absolute Gasteiger partial charge is 0.461 e. The fraction of sp³-hybridized carbons (Fsp3) is 0.467. The van der Waals surface area contributed by atoms with Crippen LogP contribution in [0.4, 0.5) is 0 Å². The first-order chi connectivity index (χ1) is 10.2. The van der Waals surface area contributed by atoms with Gasteiger partial charge < -0.3 is 19.6 Å². The normalized spacial score (nSPS) is 21.5. The summed E-state index contributed by atoms with van der Waals surface area (Å²) < 4.78 is 10.4. The molecule has 3 rings (SSSR count). The number of likely N-dealkylation sites (tertiary alicyclic amines) is 1. The number of furan rings is 1. The molecule has 120 valence electrons. The first-order valence-corrected chi connectivity index (χ1v) is 7.20. The summed E-state index contributed by atoms with van der Waals surface area (Å²) in [6, 6.07) is 5.22. The Bertz CT molecular complexity index is 611. The number of nitrogens with two attached hydrogens (primary N) is 1. The molecule has 2 aromatic rings. The molecule has 1 aliphatic rings. The van der Waals surface area contributed by atoms with E-state index in [1.54, 1.807) is 24.5 Å². The molecule has 6 nitrogen and oxygen atoms in total. The van der Waals surface area contributed by atoms with Crippen molar-refractivity contribution >= 4 is 18.3 Å². The summed E-state index contributed by atoms with van der Waals surface area (Å²) in [5.74, 6) is 1.49. The minimum atomic E-state index is -0.126. The zero-order chi connectivity index (χ0) is 14.8. The van der Waals surface area contributed by atoms with E-state index >= 15 is 0 Å². The number of halogens is 1. The van der Waals surface area contributed by atoms with Crippen molar-refractivity contribution in [3.05, 3.63) is 30.2 Å². The number of piperidine rings is 1. The van der Waals surface area contributed by atoms with Gasteiger partial charge in [-0.05, 0) is 30.9 Å². The lowest BCUT2D eigenvalue weighted by atomic mass is 9.92. The van der Waals surface area contributed by atoms with Crippen molar-refractivity contribution in [3.63, 3.8) is 0 Å². The van der Waals surface area contributed by atoms with Crippen LogP contribution in [0.1, 0.15) is 30.3 Å². The van der Waals surface area contributed by atoms with Crippen LogP contribution >= 0.6 is 12.4 Å². The highest BCUT2D eigenvalue weighted by atomic mass is 35.5. The van der Waals surface area contributed by atoms with E-state index in [-0.39, 0.29) is 24.4 Å². The van der Waals surface area contributed by atoms with Crippen LogP contribution in [0.5, 0.6) is 0 Å². The van der Waals surface area contributed by atoms with Gasteiger partial charge in [0.15, 0.2) is 11.5 Å². The maximum absolute atomic E-state index is 12.6. The Hall–Kier alpha value is -1.79. The van der Waals surface area contributed by atoms with E-state index in [0.29, 0.717) is 36.2 Å². The topological polar surface area (TPSA) is 85.5 Å². The highest BCUT2D eigenvalue weighted by Crippen LogP contribution is 2.25. The summed E-state index contributed by atoms with van der Waals surface area (Å²) in [7, 11) is 0. The maximum atomic E-state index is 12.6. The van der Waals surface area contributed by atoms with Gasteiger partial charge in [-0.15, -0.1) is 12.4 Å². The van der Waals surface area contributed by atoms with Crippen molar-refractivity contribution in [2.45, 2.75) is 25.8 Å². The standard InChI is InChI=1S/C15H19N3O3.ClH/c1-10-4-5-18(11(7-10)9-16)15(19)12-8-14(21-17-12)13-3-2-6-20-13;/h2-3,6,8,10-11H,4-5,7,9,16H2,1H3;1H. The van der Waals surface area contributed by atoms with Crippen molar-refractivity contribution in [3.8, 4) is 11.5 Å². The molecule has 2 unspecified atom stereocenters. The second-order valence-electron chi connectivity index (χ2n) is 5.57. The molecule has 0 aliphatic carbocycles. The second-order valence-corrected chi connectivity index (χ2v) is 5.57. The monoisotopic (exact) mass is 325 g/mol. The number of amides is 1. The smallest absolute Gasteiger partial charge is 0.276 e. The number of carbonyl (C=O) groups is 1. The van der Waals surface area contributed by atoms with Crippen LogP contribution in [0.2, 0.25) is 0 Å². The van der Waals surface area contributed by atoms with Crippen molar-refractivity contribution < 1.29 is 13.7 Å². The summed E-state index contributed by atoms with van der Waals surface area (Å²) in [5, 5.41) is 3.87. The summed E-state index contributed by atoms with van der Waals surface area (Å²) in [6.45, 7) is 3.37. The molecule has 1 fully saturated rings. The highest BCUT2D eigenvalue weighted by molar-refractivity contribution is 5.93. The zero-order valence-corrected chi connectivity index (χ0v) is 13.2. The average Bonchev–Trinajstić information content (AvgIpc) is 3.17. The average molecular weight is 326 g/mol. The summed E-state index contributed by atoms with van der Waals surface area (Å²) in [5.41, 5.74) is 6.10. The van der Waals surface area contributed by atoms with Crippen LogP contribution in [0.25, 0.3) is 11.5 Å². The van der Waals surface area contributed by atoms with Gasteiger partial charge in [-0.25, -0.2) is 0 Å². The Labute approximate surface area is 135 Å². The van der Waals surface area contributed by atoms with E-state index in [9.17, 15) is 4.79 Å². The number of hydrogen-bond acceptors (Lipinski definition) is 5. The first-order valence-electron chi connectivity index (χ1n) is 7.20. The Kier molecular flexibility index (Phi) is 5.26. The lowest BCUT2D eigenvalue weighted by Gasteiger charge is -2.37. The quantitative estimate of drug-likeness (QED) is 0.937. The summed E-state index contributed by atoms with van der Waals surface area (Å²) in [6.07, 6.45) is 3.48. The van der Waals surface area contributed by atoms with Crippen molar-refractivity contribution in [2.75, 3.05) is 13.1 Å². The number of nitrogens with zero attached hydrogens (tertiary/aromatic N) is 2. The number of carbonyl (C=O) groups excluding carboxylic acids is 1. The molecule has 0 spiro atoms. The molecule has 2 N–H and O–H groups in total. The van der Waals surface area contributed by atoms with Crippen molar-refractivity contribution in [1.29, 1.82) is 0 Å². The minimum Gasteiger partial charge on any atom is -0.461 e. The minimum absolute atomic E-state index is 0. The SMILES string of the molecule is CC1CCN(C(=O)c2cc(-c3ccco3)on2)C(CN)C1.Cl. The van der Waals surface area contributed by atoms with Gasteiger partial charge in [0.2, 0.25) is 5.76 Å². The Morgan fingerprint density at radius 2 is 2.32 bits per heavy atom. The van der Waals surface area contributed by atoms with E-state index < -0.39 is 0 Å². The predicted octanol–water partition coefficient (Wildman–Crippen LogP) is 2.56. The van der Waals surface area contributed by atoms with Gasteiger partial charge in [0.05, 0.1) is 6.26 Å². The highest BCUT2D eigenvalue weighted by Gasteiger charge is 2.31. The van der Waals surface area contributed by atoms with Crippen LogP contribution in [0.3, 0.4) is 0 Å².